The number of hydrogen-bond acceptors (Lipinski definition) is 3. The van der Waals surface area contributed by atoms with Crippen LogP contribution in [0.4, 0.5) is 0 Å². The van der Waals surface area contributed by atoms with E-state index in [0.29, 0.717) is 11.8 Å². The molecule has 0 radical (unpaired) electrons. The molecule has 1 aromatic rings. The largest absolute Gasteiger partial charge is 0.508 e. The van der Waals surface area contributed by atoms with Crippen molar-refractivity contribution in [1.29, 1.82) is 0 Å². The van der Waals surface area contributed by atoms with Gasteiger partial charge < -0.3 is 15.3 Å². The quantitative estimate of drug-likeness (QED) is 0.812. The second-order valence-electron chi connectivity index (χ2n) is 6.32. The van der Waals surface area contributed by atoms with E-state index in [1.165, 1.54) is 19.5 Å². The molecule has 2 unspecified atom stereocenters. The van der Waals surface area contributed by atoms with Crippen LogP contribution in [0.15, 0.2) is 22.7 Å². The smallest absolute Gasteiger partial charge is 0.120 e. The number of halogens is 1. The lowest BCUT2D eigenvalue weighted by atomic mass is 10.0. The Kier molecular flexibility index (Phi) is 6.08. The zero-order valence-corrected chi connectivity index (χ0v) is 14.9. The Hall–Kier alpha value is -0.580. The minimum Gasteiger partial charge on any atom is -0.508 e. The molecular weight excluding hydrogens is 328 g/mol. The van der Waals surface area contributed by atoms with Crippen LogP contribution in [0.5, 0.6) is 5.75 Å². The highest BCUT2D eigenvalue weighted by molar-refractivity contribution is 9.10. The van der Waals surface area contributed by atoms with Crippen LogP contribution >= 0.6 is 15.9 Å². The lowest BCUT2D eigenvalue weighted by Gasteiger charge is -2.23. The van der Waals surface area contributed by atoms with Gasteiger partial charge in [0.05, 0.1) is 0 Å². The predicted molar refractivity (Wildman–Crippen MR) is 91.7 cm³/mol. The maximum Gasteiger partial charge on any atom is 0.120 e. The van der Waals surface area contributed by atoms with Crippen molar-refractivity contribution in [2.75, 3.05) is 19.6 Å². The average molecular weight is 355 g/mol. The van der Waals surface area contributed by atoms with Crippen molar-refractivity contribution in [3.05, 3.63) is 28.2 Å². The molecule has 1 fully saturated rings. The van der Waals surface area contributed by atoms with Crippen LogP contribution in [0.2, 0.25) is 0 Å². The number of nitrogens with one attached hydrogen (secondary N) is 1. The lowest BCUT2D eigenvalue weighted by Crippen LogP contribution is -2.32. The number of benzene rings is 1. The van der Waals surface area contributed by atoms with Gasteiger partial charge in [-0.1, -0.05) is 22.9 Å². The molecule has 21 heavy (non-hydrogen) atoms. The summed E-state index contributed by atoms with van der Waals surface area (Å²) >= 11 is 3.49. The van der Waals surface area contributed by atoms with Gasteiger partial charge in [-0.25, -0.2) is 0 Å². The van der Waals surface area contributed by atoms with E-state index in [-0.39, 0.29) is 6.04 Å². The van der Waals surface area contributed by atoms with Gasteiger partial charge in [-0.2, -0.15) is 0 Å². The van der Waals surface area contributed by atoms with E-state index >= 15 is 0 Å². The maximum atomic E-state index is 10.1. The molecule has 1 aliphatic rings. The number of nitrogens with zero attached hydrogens (tertiary/aromatic N) is 1. The third-order valence-corrected chi connectivity index (χ3v) is 4.97. The highest BCUT2D eigenvalue weighted by atomic mass is 79.9. The van der Waals surface area contributed by atoms with Crippen LogP contribution in [-0.4, -0.2) is 35.7 Å². The lowest BCUT2D eigenvalue weighted by molar-refractivity contribution is 0.262. The van der Waals surface area contributed by atoms with Crippen LogP contribution in [-0.2, 0) is 0 Å². The van der Waals surface area contributed by atoms with Gasteiger partial charge in [0.25, 0.3) is 0 Å². The fraction of sp³-hybridized carbons (Fsp3) is 0.647. The molecule has 2 N–H and O–H groups in total. The molecule has 4 heteroatoms. The summed E-state index contributed by atoms with van der Waals surface area (Å²) in [6, 6.07) is 6.52. The Morgan fingerprint density at radius 3 is 2.81 bits per heavy atom. The fourth-order valence-corrected chi connectivity index (χ4v) is 3.46. The van der Waals surface area contributed by atoms with Gasteiger partial charge in [0.1, 0.15) is 5.75 Å². The van der Waals surface area contributed by atoms with Crippen molar-refractivity contribution in [3.63, 3.8) is 0 Å². The van der Waals surface area contributed by atoms with E-state index < -0.39 is 0 Å². The number of rotatable bonds is 6. The van der Waals surface area contributed by atoms with Crippen LogP contribution in [0.1, 0.15) is 45.2 Å². The van der Waals surface area contributed by atoms with Gasteiger partial charge in [0, 0.05) is 28.7 Å². The molecule has 1 heterocycles. The van der Waals surface area contributed by atoms with Gasteiger partial charge in [-0.15, -0.1) is 0 Å². The minimum atomic E-state index is 0.218. The highest BCUT2D eigenvalue weighted by Crippen LogP contribution is 2.30. The molecule has 1 saturated heterocycles. The van der Waals surface area contributed by atoms with Crippen molar-refractivity contribution in [3.8, 4) is 5.75 Å². The molecule has 0 saturated carbocycles. The van der Waals surface area contributed by atoms with E-state index in [9.17, 15) is 5.11 Å². The van der Waals surface area contributed by atoms with Crippen molar-refractivity contribution in [2.24, 2.45) is 5.92 Å². The molecule has 118 valence electrons. The third kappa shape index (κ3) is 4.44. The minimum absolute atomic E-state index is 0.218. The van der Waals surface area contributed by atoms with E-state index in [1.807, 2.05) is 12.1 Å². The van der Waals surface area contributed by atoms with Gasteiger partial charge in [0.15, 0.2) is 0 Å². The van der Waals surface area contributed by atoms with Crippen molar-refractivity contribution in [2.45, 2.75) is 45.7 Å². The Bertz CT molecular complexity index is 464. The van der Waals surface area contributed by atoms with Crippen LogP contribution in [0, 0.1) is 5.92 Å². The summed E-state index contributed by atoms with van der Waals surface area (Å²) in [5, 5.41) is 13.7. The molecule has 3 nitrogen and oxygen atoms in total. The molecule has 2 rings (SSSR count). The average Bonchev–Trinajstić information content (AvgIpc) is 2.92. The molecule has 0 bridgehead atoms. The first kappa shape index (κ1) is 16.8. The summed E-state index contributed by atoms with van der Waals surface area (Å²) in [5.41, 5.74) is 0.991. The molecule has 0 amide bonds. The molecular formula is C17H27BrN2O. The molecule has 0 aliphatic carbocycles. The Morgan fingerprint density at radius 1 is 1.43 bits per heavy atom. The summed E-state index contributed by atoms with van der Waals surface area (Å²) in [5.74, 6) is 1.10. The van der Waals surface area contributed by atoms with E-state index in [2.05, 4.69) is 46.9 Å². The summed E-state index contributed by atoms with van der Waals surface area (Å²) in [6.07, 6.45) is 2.25. The summed E-state index contributed by atoms with van der Waals surface area (Å²) in [4.78, 5) is 2.55. The molecule has 2 atom stereocenters. The van der Waals surface area contributed by atoms with Crippen LogP contribution in [0.25, 0.3) is 0 Å². The second kappa shape index (κ2) is 7.61. The Balaban J connectivity index is 1.93. The van der Waals surface area contributed by atoms with Gasteiger partial charge >= 0.3 is 0 Å². The van der Waals surface area contributed by atoms with E-state index in [1.54, 1.807) is 6.07 Å². The highest BCUT2D eigenvalue weighted by Gasteiger charge is 2.25. The zero-order chi connectivity index (χ0) is 15.4. The van der Waals surface area contributed by atoms with Crippen molar-refractivity contribution in [1.82, 2.24) is 10.2 Å². The number of phenolic OH excluding ortho intramolecular Hbond substituents is 1. The molecule has 1 aromatic carbocycles. The fourth-order valence-electron chi connectivity index (χ4n) is 3.09. The Labute approximate surface area is 136 Å². The van der Waals surface area contributed by atoms with Crippen molar-refractivity contribution >= 4 is 15.9 Å². The third-order valence-electron chi connectivity index (χ3n) is 4.47. The number of phenols is 1. The molecule has 0 aromatic heterocycles. The number of likely N-dealkylation sites (tertiary alicyclic amines) is 1. The second-order valence-corrected chi connectivity index (χ2v) is 7.23. The van der Waals surface area contributed by atoms with Crippen LogP contribution < -0.4 is 5.32 Å². The standard InChI is InChI=1S/C17H27BrN2O/c1-4-16(15-9-14(18)5-6-17(15)21)19-10-13-7-8-20(11-13)12(2)3/h5-6,9,12-13,16,19,21H,4,7-8,10-11H2,1-3H3. The first-order chi connectivity index (χ1) is 10.0. The van der Waals surface area contributed by atoms with Gasteiger partial charge in [-0.3, -0.25) is 0 Å². The first-order valence-corrected chi connectivity index (χ1v) is 8.76. The van der Waals surface area contributed by atoms with Gasteiger partial charge in [0.2, 0.25) is 0 Å². The zero-order valence-electron chi connectivity index (χ0n) is 13.3. The Morgan fingerprint density at radius 2 is 2.19 bits per heavy atom. The van der Waals surface area contributed by atoms with Gasteiger partial charge in [-0.05, 0) is 63.9 Å². The van der Waals surface area contributed by atoms with E-state index in [4.69, 9.17) is 0 Å². The van der Waals surface area contributed by atoms with Crippen LogP contribution in [0.3, 0.4) is 0 Å². The summed E-state index contributed by atoms with van der Waals surface area (Å²) in [6.45, 7) is 10.1. The number of hydrogen-bond donors (Lipinski definition) is 2. The van der Waals surface area contributed by atoms with Crippen molar-refractivity contribution < 1.29 is 5.11 Å². The predicted octanol–water partition coefficient (Wildman–Crippen LogP) is 3.93. The normalized spacial score (nSPS) is 21.1. The first-order valence-electron chi connectivity index (χ1n) is 7.97. The number of aromatic hydroxyl groups is 1. The topological polar surface area (TPSA) is 35.5 Å². The summed E-state index contributed by atoms with van der Waals surface area (Å²) < 4.78 is 1.02. The summed E-state index contributed by atoms with van der Waals surface area (Å²) in [7, 11) is 0. The molecule has 0 spiro atoms. The van der Waals surface area contributed by atoms with E-state index in [0.717, 1.165) is 28.9 Å². The monoisotopic (exact) mass is 354 g/mol. The maximum absolute atomic E-state index is 10.1. The molecule has 1 aliphatic heterocycles. The SMILES string of the molecule is CCC(NCC1CCN(C(C)C)C1)c1cc(Br)ccc1O.